The molecule has 0 amide bonds. The third-order valence-electron chi connectivity index (χ3n) is 3.86. The molecule has 102 valence electrons. The molecule has 1 rings (SSSR count). The first-order chi connectivity index (χ1) is 8.11. The van der Waals surface area contributed by atoms with Gasteiger partial charge in [0.05, 0.1) is 0 Å². The van der Waals surface area contributed by atoms with E-state index in [2.05, 4.69) is 43.2 Å². The highest BCUT2D eigenvalue weighted by Gasteiger charge is 2.20. The predicted molar refractivity (Wildman–Crippen MR) is 75.5 cm³/mol. The number of piperidine rings is 1. The van der Waals surface area contributed by atoms with E-state index in [1.165, 1.54) is 51.9 Å². The minimum Gasteiger partial charge on any atom is -0.313 e. The zero-order valence-electron chi connectivity index (χ0n) is 12.2. The number of hydrogen-bond acceptors (Lipinski definition) is 3. The van der Waals surface area contributed by atoms with E-state index in [0.717, 1.165) is 12.0 Å². The van der Waals surface area contributed by atoms with Crippen LogP contribution in [0.3, 0.4) is 0 Å². The van der Waals surface area contributed by atoms with Crippen LogP contribution < -0.4 is 5.32 Å². The van der Waals surface area contributed by atoms with Gasteiger partial charge in [0.25, 0.3) is 0 Å². The average molecular weight is 241 g/mol. The van der Waals surface area contributed by atoms with E-state index < -0.39 is 0 Å². The number of nitrogens with one attached hydrogen (secondary N) is 1. The fraction of sp³-hybridized carbons (Fsp3) is 1.00. The first-order valence-corrected chi connectivity index (χ1v) is 7.18. The second-order valence-corrected chi connectivity index (χ2v) is 5.87. The van der Waals surface area contributed by atoms with Gasteiger partial charge in [0.15, 0.2) is 0 Å². The summed E-state index contributed by atoms with van der Waals surface area (Å²) >= 11 is 0. The summed E-state index contributed by atoms with van der Waals surface area (Å²) in [6, 6.07) is 0.720. The van der Waals surface area contributed by atoms with E-state index in [0.29, 0.717) is 0 Å². The van der Waals surface area contributed by atoms with Gasteiger partial charge in [-0.25, -0.2) is 0 Å². The Balaban J connectivity index is 2.14. The van der Waals surface area contributed by atoms with E-state index in [9.17, 15) is 0 Å². The largest absolute Gasteiger partial charge is 0.313 e. The lowest BCUT2D eigenvalue weighted by atomic mass is 9.90. The molecule has 0 radical (unpaired) electrons. The Labute approximate surface area is 108 Å². The van der Waals surface area contributed by atoms with Crippen LogP contribution in [0.5, 0.6) is 0 Å². The molecular weight excluding hydrogens is 210 g/mol. The molecule has 0 saturated carbocycles. The Morgan fingerprint density at radius 1 is 1.18 bits per heavy atom. The van der Waals surface area contributed by atoms with Gasteiger partial charge in [0.1, 0.15) is 0 Å². The maximum atomic E-state index is 3.66. The molecule has 3 heteroatoms. The molecule has 0 aliphatic carbocycles. The highest BCUT2D eigenvalue weighted by molar-refractivity contribution is 4.79. The standard InChI is InChI=1S/C14H31N3/c1-5-13-7-8-15-14(11-13)12-17(4)10-6-9-16(2)3/h13-15H,5-12H2,1-4H3. The first kappa shape index (κ1) is 14.9. The van der Waals surface area contributed by atoms with Gasteiger partial charge in [-0.1, -0.05) is 13.3 Å². The number of likely N-dealkylation sites (N-methyl/N-ethyl adjacent to an activating group) is 1. The molecule has 1 aliphatic heterocycles. The minimum atomic E-state index is 0.720. The molecule has 0 spiro atoms. The quantitative estimate of drug-likeness (QED) is 0.731. The molecule has 0 aromatic rings. The van der Waals surface area contributed by atoms with Gasteiger partial charge in [0.2, 0.25) is 0 Å². The van der Waals surface area contributed by atoms with E-state index in [4.69, 9.17) is 0 Å². The van der Waals surface area contributed by atoms with Crippen molar-refractivity contribution in [1.29, 1.82) is 0 Å². The van der Waals surface area contributed by atoms with Gasteiger partial charge in [-0.05, 0) is 66.0 Å². The van der Waals surface area contributed by atoms with Gasteiger partial charge >= 0.3 is 0 Å². The second kappa shape index (κ2) is 8.06. The fourth-order valence-electron chi connectivity index (χ4n) is 2.73. The molecule has 1 fully saturated rings. The van der Waals surface area contributed by atoms with E-state index in [-0.39, 0.29) is 0 Å². The number of nitrogens with zero attached hydrogens (tertiary/aromatic N) is 2. The SMILES string of the molecule is CCC1CCNC(CN(C)CCCN(C)C)C1. The fourth-order valence-corrected chi connectivity index (χ4v) is 2.73. The zero-order valence-corrected chi connectivity index (χ0v) is 12.2. The summed E-state index contributed by atoms with van der Waals surface area (Å²) in [4.78, 5) is 4.75. The highest BCUT2D eigenvalue weighted by atomic mass is 15.1. The van der Waals surface area contributed by atoms with Crippen LogP contribution in [0.1, 0.15) is 32.6 Å². The summed E-state index contributed by atoms with van der Waals surface area (Å²) in [5.41, 5.74) is 0. The molecule has 0 aromatic carbocycles. The van der Waals surface area contributed by atoms with Gasteiger partial charge < -0.3 is 15.1 Å². The Kier molecular flexibility index (Phi) is 7.09. The molecule has 2 unspecified atom stereocenters. The van der Waals surface area contributed by atoms with Crippen molar-refractivity contribution in [2.45, 2.75) is 38.6 Å². The molecule has 17 heavy (non-hydrogen) atoms. The van der Waals surface area contributed by atoms with Crippen LogP contribution in [0.25, 0.3) is 0 Å². The van der Waals surface area contributed by atoms with Crippen LogP contribution >= 0.6 is 0 Å². The molecule has 1 saturated heterocycles. The van der Waals surface area contributed by atoms with Gasteiger partial charge in [-0.2, -0.15) is 0 Å². The summed E-state index contributed by atoms with van der Waals surface area (Å²) in [7, 11) is 6.55. The Morgan fingerprint density at radius 3 is 2.59 bits per heavy atom. The van der Waals surface area contributed by atoms with E-state index in [1.807, 2.05) is 0 Å². The van der Waals surface area contributed by atoms with Crippen molar-refractivity contribution < 1.29 is 0 Å². The lowest BCUT2D eigenvalue weighted by Crippen LogP contribution is -2.45. The van der Waals surface area contributed by atoms with Crippen LogP contribution in [-0.4, -0.2) is 63.2 Å². The van der Waals surface area contributed by atoms with Crippen molar-refractivity contribution in [3.63, 3.8) is 0 Å². The van der Waals surface area contributed by atoms with E-state index in [1.54, 1.807) is 0 Å². The summed E-state index contributed by atoms with van der Waals surface area (Å²) in [5.74, 6) is 0.955. The topological polar surface area (TPSA) is 18.5 Å². The van der Waals surface area contributed by atoms with Crippen molar-refractivity contribution >= 4 is 0 Å². The summed E-state index contributed by atoms with van der Waals surface area (Å²) in [6.07, 6.45) is 5.36. The second-order valence-electron chi connectivity index (χ2n) is 5.87. The molecule has 1 aliphatic rings. The Hall–Kier alpha value is -0.120. The molecule has 2 atom stereocenters. The third kappa shape index (κ3) is 6.39. The lowest BCUT2D eigenvalue weighted by Gasteiger charge is -2.32. The van der Waals surface area contributed by atoms with Crippen LogP contribution in [0, 0.1) is 5.92 Å². The van der Waals surface area contributed by atoms with Gasteiger partial charge in [-0.3, -0.25) is 0 Å². The summed E-state index contributed by atoms with van der Waals surface area (Å²) in [5, 5.41) is 3.66. The van der Waals surface area contributed by atoms with Crippen molar-refractivity contribution in [2.75, 3.05) is 47.3 Å². The average Bonchev–Trinajstić information content (AvgIpc) is 2.28. The minimum absolute atomic E-state index is 0.720. The number of rotatable bonds is 7. The molecule has 1 heterocycles. The van der Waals surface area contributed by atoms with Gasteiger partial charge in [0, 0.05) is 12.6 Å². The van der Waals surface area contributed by atoms with Crippen molar-refractivity contribution in [3.8, 4) is 0 Å². The summed E-state index contributed by atoms with van der Waals surface area (Å²) < 4.78 is 0. The predicted octanol–water partition coefficient (Wildman–Crippen LogP) is 1.65. The molecule has 0 aromatic heterocycles. The Bertz CT molecular complexity index is 194. The zero-order chi connectivity index (χ0) is 12.7. The summed E-state index contributed by atoms with van der Waals surface area (Å²) in [6.45, 7) is 7.17. The van der Waals surface area contributed by atoms with Crippen molar-refractivity contribution in [3.05, 3.63) is 0 Å². The Morgan fingerprint density at radius 2 is 1.94 bits per heavy atom. The third-order valence-corrected chi connectivity index (χ3v) is 3.86. The smallest absolute Gasteiger partial charge is 0.0197 e. The lowest BCUT2D eigenvalue weighted by molar-refractivity contribution is 0.218. The molecule has 3 nitrogen and oxygen atoms in total. The van der Waals surface area contributed by atoms with Crippen LogP contribution in [0.4, 0.5) is 0 Å². The molecule has 0 bridgehead atoms. The first-order valence-electron chi connectivity index (χ1n) is 7.18. The van der Waals surface area contributed by atoms with Crippen LogP contribution in [-0.2, 0) is 0 Å². The maximum absolute atomic E-state index is 3.66. The molecular formula is C14H31N3. The van der Waals surface area contributed by atoms with E-state index >= 15 is 0 Å². The number of hydrogen-bond donors (Lipinski definition) is 1. The highest BCUT2D eigenvalue weighted by Crippen LogP contribution is 2.19. The van der Waals surface area contributed by atoms with Crippen LogP contribution in [0.2, 0.25) is 0 Å². The van der Waals surface area contributed by atoms with Crippen LogP contribution in [0.15, 0.2) is 0 Å². The van der Waals surface area contributed by atoms with Crippen molar-refractivity contribution in [2.24, 2.45) is 5.92 Å². The monoisotopic (exact) mass is 241 g/mol. The maximum Gasteiger partial charge on any atom is 0.0197 e. The normalized spacial score (nSPS) is 25.8. The molecule has 1 N–H and O–H groups in total. The van der Waals surface area contributed by atoms with Crippen molar-refractivity contribution in [1.82, 2.24) is 15.1 Å². The van der Waals surface area contributed by atoms with Gasteiger partial charge in [-0.15, -0.1) is 0 Å².